The minimum atomic E-state index is -0.226. The molecule has 5 nitrogen and oxygen atoms in total. The molecule has 2 N–H and O–H groups in total. The second-order valence-electron chi connectivity index (χ2n) is 6.42. The highest BCUT2D eigenvalue weighted by Gasteiger charge is 2.19. The van der Waals surface area contributed by atoms with E-state index in [1.54, 1.807) is 7.11 Å². The molecule has 1 aromatic rings. The molecule has 0 radical (unpaired) electrons. The van der Waals surface area contributed by atoms with Crippen LogP contribution in [0, 0.1) is 0 Å². The normalized spacial score (nSPS) is 14.3. The SMILES string of the molecule is COc1ccccc1CNC(=O)NC1=CCN(C(C)(C)C)C=C1. The Morgan fingerprint density at radius 1 is 1.30 bits per heavy atom. The Bertz CT molecular complexity index is 615. The fourth-order valence-corrected chi connectivity index (χ4v) is 2.29. The molecule has 2 rings (SSSR count). The third kappa shape index (κ3) is 4.77. The zero-order chi connectivity index (χ0) is 16.9. The number of methoxy groups -OCH3 is 1. The standard InChI is InChI=1S/C18H25N3O2/c1-18(2,3)21-11-9-15(10-12-21)20-17(22)19-13-14-7-5-6-8-16(14)23-4/h5-11H,12-13H2,1-4H3,(H2,19,20,22). The molecular formula is C18H25N3O2. The van der Waals surface area contributed by atoms with Crippen molar-refractivity contribution in [2.75, 3.05) is 13.7 Å². The molecule has 1 aromatic carbocycles. The highest BCUT2D eigenvalue weighted by molar-refractivity contribution is 5.76. The molecule has 0 aliphatic carbocycles. The van der Waals surface area contributed by atoms with Crippen LogP contribution in [0.2, 0.25) is 0 Å². The van der Waals surface area contributed by atoms with Gasteiger partial charge in [0.05, 0.1) is 7.11 Å². The van der Waals surface area contributed by atoms with Crippen LogP contribution in [-0.2, 0) is 6.54 Å². The first kappa shape index (κ1) is 16.9. The van der Waals surface area contributed by atoms with Crippen LogP contribution in [0.3, 0.4) is 0 Å². The van der Waals surface area contributed by atoms with E-state index >= 15 is 0 Å². The number of carbonyl (C=O) groups is 1. The van der Waals surface area contributed by atoms with E-state index in [1.165, 1.54) is 0 Å². The molecule has 0 unspecified atom stereocenters. The molecule has 124 valence electrons. The molecule has 5 heteroatoms. The molecular weight excluding hydrogens is 290 g/mol. The summed E-state index contributed by atoms with van der Waals surface area (Å²) in [6, 6.07) is 7.41. The van der Waals surface area contributed by atoms with Crippen molar-refractivity contribution < 1.29 is 9.53 Å². The lowest BCUT2D eigenvalue weighted by molar-refractivity contribution is 0.222. The number of urea groups is 1. The summed E-state index contributed by atoms with van der Waals surface area (Å²) < 4.78 is 5.27. The summed E-state index contributed by atoms with van der Waals surface area (Å²) in [5, 5.41) is 5.70. The molecule has 0 spiro atoms. The molecule has 0 saturated heterocycles. The number of carbonyl (C=O) groups excluding carboxylic acids is 1. The number of allylic oxidation sites excluding steroid dienone is 1. The monoisotopic (exact) mass is 315 g/mol. The van der Waals surface area contributed by atoms with Gasteiger partial charge in [0.15, 0.2) is 0 Å². The number of nitrogens with zero attached hydrogens (tertiary/aromatic N) is 1. The number of ether oxygens (including phenoxy) is 1. The summed E-state index contributed by atoms with van der Waals surface area (Å²) in [4.78, 5) is 14.2. The first-order valence-corrected chi connectivity index (χ1v) is 7.72. The molecule has 23 heavy (non-hydrogen) atoms. The van der Waals surface area contributed by atoms with Crippen LogP contribution < -0.4 is 15.4 Å². The fourth-order valence-electron chi connectivity index (χ4n) is 2.29. The molecule has 1 aliphatic heterocycles. The van der Waals surface area contributed by atoms with E-state index < -0.39 is 0 Å². The lowest BCUT2D eigenvalue weighted by Crippen LogP contribution is -2.40. The van der Waals surface area contributed by atoms with Crippen LogP contribution in [0.15, 0.2) is 48.3 Å². The van der Waals surface area contributed by atoms with E-state index in [1.807, 2.05) is 42.6 Å². The lowest BCUT2D eigenvalue weighted by Gasteiger charge is -2.35. The van der Waals surface area contributed by atoms with Crippen LogP contribution in [0.25, 0.3) is 0 Å². The second kappa shape index (κ2) is 7.22. The average Bonchev–Trinajstić information content (AvgIpc) is 2.53. The van der Waals surface area contributed by atoms with Gasteiger partial charge in [-0.15, -0.1) is 0 Å². The van der Waals surface area contributed by atoms with Gasteiger partial charge in [0.25, 0.3) is 0 Å². The summed E-state index contributed by atoms with van der Waals surface area (Å²) in [7, 11) is 1.62. The zero-order valence-corrected chi connectivity index (χ0v) is 14.2. The summed E-state index contributed by atoms with van der Waals surface area (Å²) >= 11 is 0. The molecule has 0 aromatic heterocycles. The van der Waals surface area contributed by atoms with Gasteiger partial charge in [-0.2, -0.15) is 0 Å². The number of hydrogen-bond donors (Lipinski definition) is 2. The Morgan fingerprint density at radius 2 is 2.04 bits per heavy atom. The maximum absolute atomic E-state index is 12.0. The van der Waals surface area contributed by atoms with Gasteiger partial charge in [-0.1, -0.05) is 18.2 Å². The van der Waals surface area contributed by atoms with E-state index in [9.17, 15) is 4.79 Å². The van der Waals surface area contributed by atoms with Crippen molar-refractivity contribution in [2.24, 2.45) is 0 Å². The Morgan fingerprint density at radius 3 is 2.65 bits per heavy atom. The Labute approximate surface area is 138 Å². The third-order valence-corrected chi connectivity index (χ3v) is 3.69. The molecule has 1 aliphatic rings. The maximum Gasteiger partial charge on any atom is 0.319 e. The minimum Gasteiger partial charge on any atom is -0.496 e. The van der Waals surface area contributed by atoms with E-state index in [-0.39, 0.29) is 11.6 Å². The van der Waals surface area contributed by atoms with Gasteiger partial charge in [-0.05, 0) is 39.0 Å². The van der Waals surface area contributed by atoms with Gasteiger partial charge >= 0.3 is 6.03 Å². The Hall–Kier alpha value is -2.43. The number of rotatable bonds is 4. The zero-order valence-electron chi connectivity index (χ0n) is 14.2. The molecule has 0 saturated carbocycles. The van der Waals surface area contributed by atoms with Gasteiger partial charge in [-0.3, -0.25) is 0 Å². The molecule has 0 bridgehead atoms. The average molecular weight is 315 g/mol. The van der Waals surface area contributed by atoms with Crippen molar-refractivity contribution in [3.05, 3.63) is 53.9 Å². The summed E-state index contributed by atoms with van der Waals surface area (Å²) in [6.45, 7) is 7.67. The van der Waals surface area contributed by atoms with Crippen molar-refractivity contribution in [1.82, 2.24) is 15.5 Å². The van der Waals surface area contributed by atoms with Crippen molar-refractivity contribution in [1.29, 1.82) is 0 Å². The quantitative estimate of drug-likeness (QED) is 0.898. The number of hydrogen-bond acceptors (Lipinski definition) is 3. The van der Waals surface area contributed by atoms with E-state index in [0.717, 1.165) is 23.6 Å². The van der Waals surface area contributed by atoms with Crippen molar-refractivity contribution in [3.63, 3.8) is 0 Å². The van der Waals surface area contributed by atoms with Gasteiger partial charge < -0.3 is 20.3 Å². The van der Waals surface area contributed by atoms with E-state index in [4.69, 9.17) is 4.74 Å². The predicted molar refractivity (Wildman–Crippen MR) is 92.0 cm³/mol. The largest absolute Gasteiger partial charge is 0.496 e. The van der Waals surface area contributed by atoms with Crippen molar-refractivity contribution >= 4 is 6.03 Å². The topological polar surface area (TPSA) is 53.6 Å². The van der Waals surface area contributed by atoms with Gasteiger partial charge in [-0.25, -0.2) is 4.79 Å². The Kier molecular flexibility index (Phi) is 5.32. The fraction of sp³-hybridized carbons (Fsp3) is 0.389. The smallest absolute Gasteiger partial charge is 0.319 e. The van der Waals surface area contributed by atoms with Crippen LogP contribution in [0.5, 0.6) is 5.75 Å². The highest BCUT2D eigenvalue weighted by atomic mass is 16.5. The second-order valence-corrected chi connectivity index (χ2v) is 6.42. The van der Waals surface area contributed by atoms with Crippen LogP contribution in [0.1, 0.15) is 26.3 Å². The van der Waals surface area contributed by atoms with Gasteiger partial charge in [0.1, 0.15) is 5.75 Å². The summed E-state index contributed by atoms with van der Waals surface area (Å²) in [6.07, 6.45) is 5.93. The summed E-state index contributed by atoms with van der Waals surface area (Å²) in [5.41, 5.74) is 1.82. The first-order chi connectivity index (χ1) is 10.9. The number of benzene rings is 1. The molecule has 0 fully saturated rings. The minimum absolute atomic E-state index is 0.0741. The third-order valence-electron chi connectivity index (χ3n) is 3.69. The van der Waals surface area contributed by atoms with Crippen molar-refractivity contribution in [2.45, 2.75) is 32.9 Å². The van der Waals surface area contributed by atoms with Crippen LogP contribution >= 0.6 is 0 Å². The highest BCUT2D eigenvalue weighted by Crippen LogP contribution is 2.18. The predicted octanol–water partition coefficient (Wildman–Crippen LogP) is 3.01. The lowest BCUT2D eigenvalue weighted by atomic mass is 10.1. The van der Waals surface area contributed by atoms with Gasteiger partial charge in [0.2, 0.25) is 0 Å². The maximum atomic E-state index is 12.0. The molecule has 2 amide bonds. The van der Waals surface area contributed by atoms with Gasteiger partial charge in [0, 0.05) is 36.1 Å². The first-order valence-electron chi connectivity index (χ1n) is 7.72. The van der Waals surface area contributed by atoms with Crippen LogP contribution in [-0.4, -0.2) is 30.1 Å². The molecule has 1 heterocycles. The number of nitrogens with one attached hydrogen (secondary N) is 2. The van der Waals surface area contributed by atoms with Crippen molar-refractivity contribution in [3.8, 4) is 5.75 Å². The number of amides is 2. The van der Waals surface area contributed by atoms with E-state index in [0.29, 0.717) is 6.54 Å². The van der Waals surface area contributed by atoms with E-state index in [2.05, 4.69) is 36.3 Å². The Balaban J connectivity index is 1.84. The molecule has 0 atom stereocenters. The van der Waals surface area contributed by atoms with Crippen LogP contribution in [0.4, 0.5) is 4.79 Å². The summed E-state index contributed by atoms with van der Waals surface area (Å²) in [5.74, 6) is 0.769. The number of para-hydroxylation sites is 1.